The Bertz CT molecular complexity index is 324. The normalized spacial score (nSPS) is 10.5. The minimum absolute atomic E-state index is 0.771. The molecule has 0 unspecified atom stereocenters. The van der Waals surface area contributed by atoms with Crippen LogP contribution in [0.5, 0.6) is 11.5 Å². The summed E-state index contributed by atoms with van der Waals surface area (Å²) in [5.74, 6) is 1.85. The number of hydrogen-bond acceptors (Lipinski definition) is 3. The molecule has 0 saturated heterocycles. The Balaban J connectivity index is 2.04. The Hall–Kier alpha value is -1.22. The maximum atomic E-state index is 5.72. The van der Waals surface area contributed by atoms with E-state index in [0.29, 0.717) is 0 Å². The molecule has 1 rings (SSSR count). The molecular formula is C17H29NO2. The van der Waals surface area contributed by atoms with Gasteiger partial charge < -0.3 is 14.8 Å². The molecule has 0 aliphatic carbocycles. The van der Waals surface area contributed by atoms with Gasteiger partial charge in [-0.05, 0) is 56.6 Å². The standard InChI is InChI=1S/C17H29NO2/c1-3-14-19-16-9-11-17(12-10-16)20-15-8-6-5-7-13-18-4-2/h9-12,18H,3-8,13-15H2,1-2H3. The van der Waals surface area contributed by atoms with Crippen molar-refractivity contribution < 1.29 is 9.47 Å². The number of hydrogen-bond donors (Lipinski definition) is 1. The zero-order chi connectivity index (χ0) is 14.5. The molecular weight excluding hydrogens is 250 g/mol. The topological polar surface area (TPSA) is 30.5 Å². The maximum absolute atomic E-state index is 5.72. The first-order valence-electron chi connectivity index (χ1n) is 7.93. The molecule has 1 N–H and O–H groups in total. The first-order chi connectivity index (χ1) is 9.86. The molecule has 0 heterocycles. The molecule has 114 valence electrons. The molecule has 3 heteroatoms. The smallest absolute Gasteiger partial charge is 0.119 e. The first-order valence-corrected chi connectivity index (χ1v) is 7.93. The molecule has 0 aromatic heterocycles. The molecule has 0 fully saturated rings. The number of unbranched alkanes of at least 4 members (excludes halogenated alkanes) is 3. The highest BCUT2D eigenvalue weighted by Crippen LogP contribution is 2.18. The maximum Gasteiger partial charge on any atom is 0.119 e. The lowest BCUT2D eigenvalue weighted by Crippen LogP contribution is -2.13. The molecule has 0 aliphatic rings. The van der Waals surface area contributed by atoms with Crippen molar-refractivity contribution in [3.8, 4) is 11.5 Å². The molecule has 0 radical (unpaired) electrons. The molecule has 1 aromatic carbocycles. The van der Waals surface area contributed by atoms with Gasteiger partial charge in [0.05, 0.1) is 13.2 Å². The van der Waals surface area contributed by atoms with Crippen molar-refractivity contribution in [1.29, 1.82) is 0 Å². The highest BCUT2D eigenvalue weighted by Gasteiger charge is 1.96. The summed E-state index contributed by atoms with van der Waals surface area (Å²) in [6.07, 6.45) is 5.94. The molecule has 0 saturated carbocycles. The third kappa shape index (κ3) is 8.05. The van der Waals surface area contributed by atoms with Gasteiger partial charge in [-0.1, -0.05) is 26.7 Å². The summed E-state index contributed by atoms with van der Waals surface area (Å²) in [5, 5.41) is 3.34. The van der Waals surface area contributed by atoms with Crippen LogP contribution in [0.15, 0.2) is 24.3 Å². The lowest BCUT2D eigenvalue weighted by molar-refractivity contribution is 0.300. The number of nitrogens with one attached hydrogen (secondary N) is 1. The van der Waals surface area contributed by atoms with Gasteiger partial charge in [-0.2, -0.15) is 0 Å². The second-order valence-electron chi connectivity index (χ2n) is 4.94. The van der Waals surface area contributed by atoms with Crippen LogP contribution >= 0.6 is 0 Å². The third-order valence-electron chi connectivity index (χ3n) is 3.06. The second-order valence-corrected chi connectivity index (χ2v) is 4.94. The van der Waals surface area contributed by atoms with Crippen molar-refractivity contribution in [3.05, 3.63) is 24.3 Å². The minimum Gasteiger partial charge on any atom is -0.494 e. The predicted molar refractivity (Wildman–Crippen MR) is 84.7 cm³/mol. The van der Waals surface area contributed by atoms with E-state index < -0.39 is 0 Å². The summed E-state index contributed by atoms with van der Waals surface area (Å²) in [6.45, 7) is 8.03. The van der Waals surface area contributed by atoms with E-state index in [-0.39, 0.29) is 0 Å². The molecule has 20 heavy (non-hydrogen) atoms. The number of rotatable bonds is 12. The average molecular weight is 279 g/mol. The van der Waals surface area contributed by atoms with Crippen molar-refractivity contribution in [2.24, 2.45) is 0 Å². The molecule has 1 aromatic rings. The van der Waals surface area contributed by atoms with Crippen molar-refractivity contribution in [1.82, 2.24) is 5.32 Å². The van der Waals surface area contributed by atoms with Gasteiger partial charge in [0.25, 0.3) is 0 Å². The average Bonchev–Trinajstić information content (AvgIpc) is 2.49. The van der Waals surface area contributed by atoms with Gasteiger partial charge in [0.2, 0.25) is 0 Å². The zero-order valence-corrected chi connectivity index (χ0v) is 13.0. The largest absolute Gasteiger partial charge is 0.494 e. The molecule has 3 nitrogen and oxygen atoms in total. The Morgan fingerprint density at radius 2 is 1.40 bits per heavy atom. The summed E-state index contributed by atoms with van der Waals surface area (Å²) in [6, 6.07) is 7.91. The fraction of sp³-hybridized carbons (Fsp3) is 0.647. The van der Waals surface area contributed by atoms with Gasteiger partial charge in [-0.3, -0.25) is 0 Å². The van der Waals surface area contributed by atoms with E-state index in [1.54, 1.807) is 0 Å². The fourth-order valence-electron chi connectivity index (χ4n) is 1.92. The van der Waals surface area contributed by atoms with E-state index in [0.717, 1.165) is 50.6 Å². The summed E-state index contributed by atoms with van der Waals surface area (Å²) in [7, 11) is 0. The van der Waals surface area contributed by atoms with Gasteiger partial charge in [-0.25, -0.2) is 0 Å². The third-order valence-corrected chi connectivity index (χ3v) is 3.06. The van der Waals surface area contributed by atoms with E-state index in [1.165, 1.54) is 19.3 Å². The first kappa shape index (κ1) is 16.8. The summed E-state index contributed by atoms with van der Waals surface area (Å²) in [5.41, 5.74) is 0. The zero-order valence-electron chi connectivity index (χ0n) is 13.0. The summed E-state index contributed by atoms with van der Waals surface area (Å²) < 4.78 is 11.3. The van der Waals surface area contributed by atoms with E-state index in [1.807, 2.05) is 24.3 Å². The van der Waals surface area contributed by atoms with Crippen LogP contribution in [0.2, 0.25) is 0 Å². The van der Waals surface area contributed by atoms with Crippen LogP contribution in [0.3, 0.4) is 0 Å². The van der Waals surface area contributed by atoms with Crippen LogP contribution in [-0.4, -0.2) is 26.3 Å². The monoisotopic (exact) mass is 279 g/mol. The van der Waals surface area contributed by atoms with E-state index >= 15 is 0 Å². The van der Waals surface area contributed by atoms with Crippen LogP contribution in [0.4, 0.5) is 0 Å². The van der Waals surface area contributed by atoms with Crippen molar-refractivity contribution in [3.63, 3.8) is 0 Å². The van der Waals surface area contributed by atoms with Crippen LogP contribution < -0.4 is 14.8 Å². The van der Waals surface area contributed by atoms with Crippen LogP contribution in [-0.2, 0) is 0 Å². The molecule has 0 atom stereocenters. The number of benzene rings is 1. The van der Waals surface area contributed by atoms with Crippen LogP contribution in [0, 0.1) is 0 Å². The Labute approximate surface area is 123 Å². The highest BCUT2D eigenvalue weighted by atomic mass is 16.5. The van der Waals surface area contributed by atoms with Crippen molar-refractivity contribution >= 4 is 0 Å². The fourth-order valence-corrected chi connectivity index (χ4v) is 1.92. The highest BCUT2D eigenvalue weighted by molar-refractivity contribution is 5.31. The van der Waals surface area contributed by atoms with Crippen LogP contribution in [0.25, 0.3) is 0 Å². The molecule has 0 spiro atoms. The predicted octanol–water partition coefficient (Wildman–Crippen LogP) is 4.02. The van der Waals surface area contributed by atoms with Gasteiger partial charge in [0.1, 0.15) is 11.5 Å². The van der Waals surface area contributed by atoms with E-state index in [9.17, 15) is 0 Å². The Morgan fingerprint density at radius 1 is 0.800 bits per heavy atom. The quantitative estimate of drug-likeness (QED) is 0.586. The number of ether oxygens (including phenoxy) is 2. The lowest BCUT2D eigenvalue weighted by Gasteiger charge is -2.08. The minimum atomic E-state index is 0.771. The molecule has 0 aliphatic heterocycles. The van der Waals surface area contributed by atoms with Crippen LogP contribution in [0.1, 0.15) is 46.0 Å². The van der Waals surface area contributed by atoms with Gasteiger partial charge in [0.15, 0.2) is 0 Å². The summed E-state index contributed by atoms with van der Waals surface area (Å²) in [4.78, 5) is 0. The van der Waals surface area contributed by atoms with Gasteiger partial charge in [-0.15, -0.1) is 0 Å². The molecule has 0 bridgehead atoms. The lowest BCUT2D eigenvalue weighted by atomic mass is 10.2. The van der Waals surface area contributed by atoms with Crippen molar-refractivity contribution in [2.75, 3.05) is 26.3 Å². The Kier molecular flexibility index (Phi) is 9.76. The molecule has 0 amide bonds. The van der Waals surface area contributed by atoms with Crippen molar-refractivity contribution in [2.45, 2.75) is 46.0 Å². The van der Waals surface area contributed by atoms with E-state index in [4.69, 9.17) is 9.47 Å². The van der Waals surface area contributed by atoms with Gasteiger partial charge in [0, 0.05) is 0 Å². The Morgan fingerprint density at radius 3 is 2.00 bits per heavy atom. The van der Waals surface area contributed by atoms with Gasteiger partial charge >= 0.3 is 0 Å². The SMILES string of the molecule is CCCOc1ccc(OCCCCCCNCC)cc1. The van der Waals surface area contributed by atoms with E-state index in [2.05, 4.69) is 19.2 Å². The second kappa shape index (κ2) is 11.6. The summed E-state index contributed by atoms with van der Waals surface area (Å²) >= 11 is 0.